The molecule has 0 radical (unpaired) electrons. The zero-order valence-electron chi connectivity index (χ0n) is 4.05. The largest absolute Gasteiger partial charge is 0.410 e. The number of hydrogen-bond donors (Lipinski definition) is 1. The lowest BCUT2D eigenvalue weighted by Crippen LogP contribution is -1.66. The highest BCUT2D eigenvalue weighted by molar-refractivity contribution is 7.71. The number of rotatable bonds is 1. The van der Waals surface area contributed by atoms with Crippen LogP contribution in [0.4, 0.5) is 0 Å². The molecule has 8 heavy (non-hydrogen) atoms. The Labute approximate surface area is 51.0 Å². The molecule has 0 aliphatic carbocycles. The van der Waals surface area contributed by atoms with Crippen LogP contribution in [0.25, 0.3) is 6.08 Å². The summed E-state index contributed by atoms with van der Waals surface area (Å²) in [4.78, 5) is 0.278. The van der Waals surface area contributed by atoms with Crippen molar-refractivity contribution in [3.63, 3.8) is 0 Å². The van der Waals surface area contributed by atoms with Crippen LogP contribution in [-0.2, 0) is 0 Å². The molecule has 0 aliphatic rings. The number of H-pyrrole nitrogens is 1. The third-order valence-corrected chi connectivity index (χ3v) is 0.804. The molecule has 0 fully saturated rings. The first kappa shape index (κ1) is 5.24. The van der Waals surface area contributed by atoms with E-state index in [9.17, 15) is 0 Å². The monoisotopic (exact) mass is 128 g/mol. The van der Waals surface area contributed by atoms with Crippen LogP contribution >= 0.6 is 12.2 Å². The summed E-state index contributed by atoms with van der Waals surface area (Å²) < 4.78 is 4.76. The van der Waals surface area contributed by atoms with E-state index in [1.165, 1.54) is 6.08 Å². The SMILES string of the molecule is C=Cc1n[nH]c(=S)o1. The number of hydrogen-bond acceptors (Lipinski definition) is 3. The Morgan fingerprint density at radius 1 is 1.88 bits per heavy atom. The van der Waals surface area contributed by atoms with Crippen LogP contribution in [0.3, 0.4) is 0 Å². The van der Waals surface area contributed by atoms with E-state index < -0.39 is 0 Å². The number of nitrogens with one attached hydrogen (secondary N) is 1. The maximum atomic E-state index is 4.76. The lowest BCUT2D eigenvalue weighted by Gasteiger charge is -1.69. The van der Waals surface area contributed by atoms with Gasteiger partial charge in [-0.3, -0.25) is 0 Å². The highest BCUT2D eigenvalue weighted by atomic mass is 32.1. The Bertz CT molecular complexity index is 236. The van der Waals surface area contributed by atoms with Gasteiger partial charge in [0.05, 0.1) is 0 Å². The van der Waals surface area contributed by atoms with Gasteiger partial charge in [0.15, 0.2) is 0 Å². The van der Waals surface area contributed by atoms with Gasteiger partial charge in [-0.2, -0.15) is 0 Å². The van der Waals surface area contributed by atoms with Crippen LogP contribution in [0.15, 0.2) is 11.0 Å². The van der Waals surface area contributed by atoms with Gasteiger partial charge in [-0.1, -0.05) is 6.58 Å². The van der Waals surface area contributed by atoms with Crippen LogP contribution in [0.2, 0.25) is 0 Å². The summed E-state index contributed by atoms with van der Waals surface area (Å²) in [6.07, 6.45) is 1.48. The molecule has 0 bridgehead atoms. The molecule has 0 amide bonds. The van der Waals surface area contributed by atoms with E-state index in [1.54, 1.807) is 0 Å². The zero-order chi connectivity index (χ0) is 5.98. The van der Waals surface area contributed by atoms with Crippen molar-refractivity contribution >= 4 is 18.3 Å². The summed E-state index contributed by atoms with van der Waals surface area (Å²) in [7, 11) is 0. The van der Waals surface area contributed by atoms with Gasteiger partial charge in [-0.25, -0.2) is 5.10 Å². The van der Waals surface area contributed by atoms with E-state index in [4.69, 9.17) is 4.42 Å². The van der Waals surface area contributed by atoms with Gasteiger partial charge in [0.25, 0.3) is 4.84 Å². The molecule has 1 N–H and O–H groups in total. The average Bonchev–Trinajstić information content (AvgIpc) is 2.14. The van der Waals surface area contributed by atoms with Crippen molar-refractivity contribution in [1.29, 1.82) is 0 Å². The molecule has 0 saturated heterocycles. The van der Waals surface area contributed by atoms with E-state index in [1.807, 2.05) is 0 Å². The van der Waals surface area contributed by atoms with Crippen LogP contribution < -0.4 is 0 Å². The molecule has 0 aliphatic heterocycles. The Balaban J connectivity index is 3.18. The van der Waals surface area contributed by atoms with Crippen molar-refractivity contribution < 1.29 is 4.42 Å². The van der Waals surface area contributed by atoms with Crippen molar-refractivity contribution in [1.82, 2.24) is 10.2 Å². The fourth-order valence-electron chi connectivity index (χ4n) is 0.329. The summed E-state index contributed by atoms with van der Waals surface area (Å²) in [6.45, 7) is 3.42. The lowest BCUT2D eigenvalue weighted by atomic mass is 10.7. The van der Waals surface area contributed by atoms with Gasteiger partial charge in [-0.05, 0) is 18.3 Å². The first-order valence-corrected chi connectivity index (χ1v) is 2.41. The van der Waals surface area contributed by atoms with Crippen LogP contribution in [0.1, 0.15) is 5.89 Å². The Morgan fingerprint density at radius 2 is 2.62 bits per heavy atom. The summed E-state index contributed by atoms with van der Waals surface area (Å²) in [5.41, 5.74) is 0. The van der Waals surface area contributed by atoms with Gasteiger partial charge in [-0.15, -0.1) is 5.10 Å². The molecular weight excluding hydrogens is 124 g/mol. The average molecular weight is 128 g/mol. The van der Waals surface area contributed by atoms with Gasteiger partial charge in [0.1, 0.15) is 0 Å². The standard InChI is InChI=1S/C4H4N2OS/c1-2-3-5-6-4(8)7-3/h2H,1H2,(H,6,8). The van der Waals surface area contributed by atoms with Crippen LogP contribution in [0, 0.1) is 4.84 Å². The summed E-state index contributed by atoms with van der Waals surface area (Å²) in [5.74, 6) is 0.426. The highest BCUT2D eigenvalue weighted by Crippen LogP contribution is 1.93. The molecule has 1 aromatic rings. The third kappa shape index (κ3) is 0.840. The highest BCUT2D eigenvalue weighted by Gasteiger charge is 1.87. The summed E-state index contributed by atoms with van der Waals surface area (Å²) >= 11 is 4.57. The maximum Gasteiger partial charge on any atom is 0.284 e. The molecule has 1 heterocycles. The molecule has 1 aromatic heterocycles. The predicted octanol–water partition coefficient (Wildman–Crippen LogP) is 1.38. The Kier molecular flexibility index (Phi) is 1.26. The minimum absolute atomic E-state index is 0.278. The maximum absolute atomic E-state index is 4.76. The minimum Gasteiger partial charge on any atom is -0.410 e. The van der Waals surface area contributed by atoms with Crippen molar-refractivity contribution in [2.45, 2.75) is 0 Å². The molecular formula is C4H4N2OS. The second-order valence-corrected chi connectivity index (χ2v) is 1.53. The predicted molar refractivity (Wildman–Crippen MR) is 31.8 cm³/mol. The molecule has 0 unspecified atom stereocenters. The zero-order valence-corrected chi connectivity index (χ0v) is 4.86. The van der Waals surface area contributed by atoms with Crippen molar-refractivity contribution in [2.24, 2.45) is 0 Å². The minimum atomic E-state index is 0.278. The van der Waals surface area contributed by atoms with E-state index in [0.29, 0.717) is 5.89 Å². The Hall–Kier alpha value is -0.900. The van der Waals surface area contributed by atoms with Gasteiger partial charge in [0.2, 0.25) is 5.89 Å². The first-order chi connectivity index (χ1) is 3.83. The first-order valence-electron chi connectivity index (χ1n) is 2.01. The summed E-state index contributed by atoms with van der Waals surface area (Å²) in [6, 6.07) is 0. The lowest BCUT2D eigenvalue weighted by molar-refractivity contribution is 0.527. The number of aromatic nitrogens is 2. The molecule has 42 valence electrons. The topological polar surface area (TPSA) is 41.8 Å². The van der Waals surface area contributed by atoms with Crippen LogP contribution in [0.5, 0.6) is 0 Å². The van der Waals surface area contributed by atoms with Gasteiger partial charge >= 0.3 is 0 Å². The second kappa shape index (κ2) is 1.92. The Morgan fingerprint density at radius 3 is 2.88 bits per heavy atom. The third-order valence-electron chi connectivity index (χ3n) is 0.629. The smallest absolute Gasteiger partial charge is 0.284 e. The molecule has 3 nitrogen and oxygen atoms in total. The molecule has 0 aromatic carbocycles. The molecule has 0 spiro atoms. The molecule has 1 rings (SSSR count). The van der Waals surface area contributed by atoms with Crippen LogP contribution in [-0.4, -0.2) is 10.2 Å². The van der Waals surface area contributed by atoms with E-state index in [-0.39, 0.29) is 4.84 Å². The van der Waals surface area contributed by atoms with Crippen molar-refractivity contribution in [3.05, 3.63) is 17.3 Å². The van der Waals surface area contributed by atoms with E-state index in [0.717, 1.165) is 0 Å². The van der Waals surface area contributed by atoms with Gasteiger partial charge < -0.3 is 4.42 Å². The molecule has 0 atom stereocenters. The van der Waals surface area contributed by atoms with Crippen molar-refractivity contribution in [3.8, 4) is 0 Å². The van der Waals surface area contributed by atoms with E-state index >= 15 is 0 Å². The normalized spacial score (nSPS) is 9.00. The van der Waals surface area contributed by atoms with Crippen molar-refractivity contribution in [2.75, 3.05) is 0 Å². The van der Waals surface area contributed by atoms with Gasteiger partial charge in [0, 0.05) is 0 Å². The number of nitrogens with zero attached hydrogens (tertiary/aromatic N) is 1. The van der Waals surface area contributed by atoms with E-state index in [2.05, 4.69) is 29.0 Å². The fraction of sp³-hybridized carbons (Fsp3) is 0. The molecule has 4 heteroatoms. The molecule has 0 saturated carbocycles. The quantitative estimate of drug-likeness (QED) is 0.581. The second-order valence-electron chi connectivity index (χ2n) is 1.16. The number of aromatic amines is 1. The fourth-order valence-corrected chi connectivity index (χ4v) is 0.460. The summed E-state index contributed by atoms with van der Waals surface area (Å²) in [5, 5.41) is 6.07.